The van der Waals surface area contributed by atoms with E-state index < -0.39 is 42.1 Å². The number of halogens is 2. The number of aliphatic hydroxyl groups excluding tert-OH is 1. The van der Waals surface area contributed by atoms with Crippen LogP contribution in [-0.2, 0) is 17.8 Å². The first kappa shape index (κ1) is 23.4. The Labute approximate surface area is 191 Å². The van der Waals surface area contributed by atoms with Crippen LogP contribution in [0.1, 0.15) is 36.2 Å². The maximum absolute atomic E-state index is 13.5. The number of carbonyl (C=O) groups is 1. The van der Waals surface area contributed by atoms with Gasteiger partial charge in [-0.25, -0.2) is 18.4 Å². The Balaban J connectivity index is 1.72. The summed E-state index contributed by atoms with van der Waals surface area (Å²) in [6.07, 6.45) is -1.74. The lowest BCUT2D eigenvalue weighted by molar-refractivity contribution is -0.106. The standard InChI is InChI=1S/C20H25F2N5O5S/c1-3-32-18(30)24-17-23-4-5-25(17)10-13-11(2)14-15(29)27(12-8-20(21,22)9-12)19(31)26(6-7-28)16(14)33-13/h12,28H,3-10H2,1-2H3,(H,23,24,30). The van der Waals surface area contributed by atoms with Gasteiger partial charge in [0.2, 0.25) is 5.96 Å². The second kappa shape index (κ2) is 8.86. The molecule has 0 atom stereocenters. The van der Waals surface area contributed by atoms with Crippen molar-refractivity contribution >= 4 is 33.6 Å². The summed E-state index contributed by atoms with van der Waals surface area (Å²) in [6.45, 7) is 4.60. The topological polar surface area (TPSA) is 118 Å². The van der Waals surface area contributed by atoms with Crippen molar-refractivity contribution < 1.29 is 23.4 Å². The number of amides is 1. The highest BCUT2D eigenvalue weighted by Crippen LogP contribution is 2.44. The number of carbonyl (C=O) groups excluding carboxylic acids is 1. The summed E-state index contributed by atoms with van der Waals surface area (Å²) in [4.78, 5) is 45.3. The molecule has 0 unspecified atom stereocenters. The van der Waals surface area contributed by atoms with Gasteiger partial charge in [0.1, 0.15) is 4.83 Å². The van der Waals surface area contributed by atoms with Crippen LogP contribution in [0, 0.1) is 6.92 Å². The Kier molecular flexibility index (Phi) is 6.27. The third kappa shape index (κ3) is 4.26. The van der Waals surface area contributed by atoms with Gasteiger partial charge in [0.15, 0.2) is 0 Å². The number of aromatic nitrogens is 2. The van der Waals surface area contributed by atoms with Crippen LogP contribution in [0.4, 0.5) is 13.6 Å². The average molecular weight is 486 g/mol. The van der Waals surface area contributed by atoms with Gasteiger partial charge in [-0.05, 0) is 19.4 Å². The molecule has 180 valence electrons. The van der Waals surface area contributed by atoms with Gasteiger partial charge < -0.3 is 14.7 Å². The first-order valence-electron chi connectivity index (χ1n) is 10.7. The first-order valence-corrected chi connectivity index (χ1v) is 11.5. The van der Waals surface area contributed by atoms with E-state index in [0.29, 0.717) is 36.0 Å². The SMILES string of the molecule is CCOC(=O)NC1=NCCN1Cc1sc2c(c1C)c(=O)n(C1CC(F)(F)C1)c(=O)n2CCO. The van der Waals surface area contributed by atoms with Crippen molar-refractivity contribution in [3.8, 4) is 0 Å². The molecule has 1 amide bonds. The van der Waals surface area contributed by atoms with E-state index in [2.05, 4.69) is 10.3 Å². The van der Waals surface area contributed by atoms with Crippen LogP contribution in [0.15, 0.2) is 14.6 Å². The van der Waals surface area contributed by atoms with Gasteiger partial charge in [-0.1, -0.05) is 0 Å². The number of hydrogen-bond donors (Lipinski definition) is 2. The summed E-state index contributed by atoms with van der Waals surface area (Å²) in [5, 5.41) is 12.4. The van der Waals surface area contributed by atoms with E-state index in [-0.39, 0.29) is 25.1 Å². The normalized spacial score (nSPS) is 17.8. The molecule has 1 aliphatic heterocycles. The van der Waals surface area contributed by atoms with Crippen LogP contribution in [0.2, 0.25) is 0 Å². The highest BCUT2D eigenvalue weighted by molar-refractivity contribution is 7.18. The number of rotatable bonds is 6. The molecule has 0 spiro atoms. The number of alkyl carbamates (subject to hydrolysis) is 1. The monoisotopic (exact) mass is 485 g/mol. The molecular weight excluding hydrogens is 460 g/mol. The first-order chi connectivity index (χ1) is 15.7. The second-order valence-electron chi connectivity index (χ2n) is 8.05. The van der Waals surface area contributed by atoms with Crippen molar-refractivity contribution in [2.75, 3.05) is 26.3 Å². The molecule has 2 aliphatic rings. The zero-order valence-corrected chi connectivity index (χ0v) is 19.1. The van der Waals surface area contributed by atoms with E-state index in [1.54, 1.807) is 13.8 Å². The summed E-state index contributed by atoms with van der Waals surface area (Å²) < 4.78 is 34.0. The Morgan fingerprint density at radius 1 is 1.36 bits per heavy atom. The molecule has 0 saturated heterocycles. The minimum absolute atomic E-state index is 0.0566. The van der Waals surface area contributed by atoms with Gasteiger partial charge >= 0.3 is 11.8 Å². The fourth-order valence-corrected chi connectivity index (χ4v) is 5.51. The number of alkyl halides is 2. The Morgan fingerprint density at radius 3 is 2.73 bits per heavy atom. The van der Waals surface area contributed by atoms with E-state index in [9.17, 15) is 28.3 Å². The summed E-state index contributed by atoms with van der Waals surface area (Å²) in [7, 11) is 0. The van der Waals surface area contributed by atoms with E-state index >= 15 is 0 Å². The number of hydrogen-bond acceptors (Lipinski definition) is 8. The molecule has 3 heterocycles. The van der Waals surface area contributed by atoms with Crippen LogP contribution in [0.5, 0.6) is 0 Å². The van der Waals surface area contributed by atoms with Gasteiger partial charge in [-0.3, -0.25) is 24.2 Å². The lowest BCUT2D eigenvalue weighted by Gasteiger charge is -2.35. The number of nitrogens with zero attached hydrogens (tertiary/aromatic N) is 4. The van der Waals surface area contributed by atoms with E-state index in [0.717, 1.165) is 9.44 Å². The summed E-state index contributed by atoms with van der Waals surface area (Å²) >= 11 is 1.23. The molecule has 4 rings (SSSR count). The highest BCUT2D eigenvalue weighted by Gasteiger charge is 2.47. The number of nitrogens with one attached hydrogen (secondary N) is 1. The number of guanidine groups is 1. The lowest BCUT2D eigenvalue weighted by Crippen LogP contribution is -2.49. The molecule has 2 N–H and O–H groups in total. The van der Waals surface area contributed by atoms with Crippen LogP contribution in [0.25, 0.3) is 10.2 Å². The predicted molar refractivity (Wildman–Crippen MR) is 118 cm³/mol. The van der Waals surface area contributed by atoms with Crippen molar-refractivity contribution in [1.29, 1.82) is 0 Å². The predicted octanol–water partition coefficient (Wildman–Crippen LogP) is 1.41. The zero-order chi connectivity index (χ0) is 23.9. The zero-order valence-electron chi connectivity index (χ0n) is 18.3. The van der Waals surface area contributed by atoms with Crippen molar-refractivity contribution in [3.63, 3.8) is 0 Å². The molecule has 0 bridgehead atoms. The van der Waals surface area contributed by atoms with E-state index in [1.807, 2.05) is 4.90 Å². The maximum Gasteiger partial charge on any atom is 0.413 e. The number of aliphatic imine (C=N–C) groups is 1. The molecule has 13 heteroatoms. The molecule has 2 aromatic rings. The molecule has 10 nitrogen and oxygen atoms in total. The van der Waals surface area contributed by atoms with Gasteiger partial charge in [-0.15, -0.1) is 11.3 Å². The van der Waals surface area contributed by atoms with Crippen LogP contribution < -0.4 is 16.6 Å². The number of fused-ring (bicyclic) bond motifs is 1. The van der Waals surface area contributed by atoms with Crippen LogP contribution >= 0.6 is 11.3 Å². The maximum atomic E-state index is 13.5. The summed E-state index contributed by atoms with van der Waals surface area (Å²) in [6, 6.07) is -0.872. The minimum atomic E-state index is -2.89. The fourth-order valence-electron chi connectivity index (χ4n) is 4.18. The van der Waals surface area contributed by atoms with E-state index in [4.69, 9.17) is 4.74 Å². The molecule has 0 radical (unpaired) electrons. The molecule has 1 fully saturated rings. The number of thiophene rings is 1. The highest BCUT2D eigenvalue weighted by atomic mass is 32.1. The minimum Gasteiger partial charge on any atom is -0.450 e. The van der Waals surface area contributed by atoms with Gasteiger partial charge in [0, 0.05) is 24.3 Å². The Bertz CT molecular complexity index is 1230. The largest absolute Gasteiger partial charge is 0.450 e. The quantitative estimate of drug-likeness (QED) is 0.639. The second-order valence-corrected chi connectivity index (χ2v) is 9.14. The summed E-state index contributed by atoms with van der Waals surface area (Å²) in [5.41, 5.74) is -0.652. The van der Waals surface area contributed by atoms with Crippen LogP contribution in [0.3, 0.4) is 0 Å². The Morgan fingerprint density at radius 2 is 2.09 bits per heavy atom. The molecule has 1 saturated carbocycles. The smallest absolute Gasteiger partial charge is 0.413 e. The van der Waals surface area contributed by atoms with Gasteiger partial charge in [0.05, 0.1) is 44.3 Å². The third-order valence-electron chi connectivity index (χ3n) is 5.85. The third-order valence-corrected chi connectivity index (χ3v) is 7.15. The van der Waals surface area contributed by atoms with E-state index in [1.165, 1.54) is 15.9 Å². The fraction of sp³-hybridized carbons (Fsp3) is 0.600. The van der Waals surface area contributed by atoms with Crippen molar-refractivity contribution in [1.82, 2.24) is 19.4 Å². The van der Waals surface area contributed by atoms with Crippen molar-refractivity contribution in [2.45, 2.75) is 51.7 Å². The van der Waals surface area contributed by atoms with Gasteiger partial charge in [-0.2, -0.15) is 0 Å². The van der Waals surface area contributed by atoms with Gasteiger partial charge in [0.25, 0.3) is 11.5 Å². The van der Waals surface area contributed by atoms with Crippen molar-refractivity contribution in [2.24, 2.45) is 4.99 Å². The van der Waals surface area contributed by atoms with Crippen molar-refractivity contribution in [3.05, 3.63) is 31.3 Å². The molecule has 1 aliphatic carbocycles. The average Bonchev–Trinajstić information content (AvgIpc) is 3.28. The summed E-state index contributed by atoms with van der Waals surface area (Å²) in [5.74, 6) is -2.54. The Hall–Kier alpha value is -2.80. The number of aliphatic hydroxyl groups is 1. The molecule has 2 aromatic heterocycles. The molecule has 33 heavy (non-hydrogen) atoms. The number of aryl methyl sites for hydroxylation is 1. The number of ether oxygens (including phenoxy) is 1. The molecular formula is C20H25F2N5O5S. The molecule has 0 aromatic carbocycles. The van der Waals surface area contributed by atoms with Crippen LogP contribution in [-0.4, -0.2) is 63.4 Å². The lowest BCUT2D eigenvalue weighted by atomic mass is 9.88.